The van der Waals surface area contributed by atoms with Crippen molar-refractivity contribution < 1.29 is 19.4 Å². The number of aliphatic carboxylic acids is 1. The summed E-state index contributed by atoms with van der Waals surface area (Å²) >= 11 is 0. The monoisotopic (exact) mass is 260 g/mol. The second kappa shape index (κ2) is 9.85. The van der Waals surface area contributed by atoms with Crippen LogP contribution in [0, 0.1) is 0 Å². The first-order valence-corrected chi connectivity index (χ1v) is 6.21. The summed E-state index contributed by atoms with van der Waals surface area (Å²) in [5.41, 5.74) is 0. The van der Waals surface area contributed by atoms with Crippen LogP contribution in [0.25, 0.3) is 0 Å². The number of carboxylic acids is 1. The molecule has 0 fully saturated rings. The smallest absolute Gasteiger partial charge is 0.326 e. The average Bonchev–Trinajstić information content (AvgIpc) is 2.27. The Balaban J connectivity index is 3.92. The van der Waals surface area contributed by atoms with Gasteiger partial charge in [0.15, 0.2) is 0 Å². The van der Waals surface area contributed by atoms with Crippen molar-refractivity contribution in [3.05, 3.63) is 0 Å². The summed E-state index contributed by atoms with van der Waals surface area (Å²) in [6, 6.07) is -0.513. The van der Waals surface area contributed by atoms with Crippen LogP contribution in [0.3, 0.4) is 0 Å². The summed E-state index contributed by atoms with van der Waals surface area (Å²) in [4.78, 5) is 22.5. The first-order chi connectivity index (χ1) is 8.47. The van der Waals surface area contributed by atoms with E-state index in [0.717, 1.165) is 0 Å². The van der Waals surface area contributed by atoms with E-state index in [0.29, 0.717) is 32.0 Å². The zero-order valence-electron chi connectivity index (χ0n) is 11.4. The van der Waals surface area contributed by atoms with Crippen molar-refractivity contribution in [3.8, 4) is 0 Å². The number of nitrogens with one attached hydrogen (secondary N) is 2. The van der Waals surface area contributed by atoms with E-state index in [1.165, 1.54) is 0 Å². The number of carbonyl (C=O) groups is 2. The molecule has 0 radical (unpaired) electrons. The Morgan fingerprint density at radius 3 is 2.50 bits per heavy atom. The Kier molecular flexibility index (Phi) is 9.22. The fourth-order valence-electron chi connectivity index (χ4n) is 1.43. The molecule has 0 aliphatic carbocycles. The van der Waals surface area contributed by atoms with Gasteiger partial charge in [-0.05, 0) is 12.8 Å². The highest BCUT2D eigenvalue weighted by molar-refractivity contribution is 5.83. The molecular formula is C12H24N2O4. The summed E-state index contributed by atoms with van der Waals surface area (Å²) in [5.74, 6) is -1.25. The van der Waals surface area contributed by atoms with Crippen LogP contribution >= 0.6 is 0 Å². The van der Waals surface area contributed by atoms with Crippen molar-refractivity contribution in [3.63, 3.8) is 0 Å². The van der Waals surface area contributed by atoms with Crippen molar-refractivity contribution in [1.29, 1.82) is 0 Å². The third-order valence-corrected chi connectivity index (χ3v) is 2.38. The molecular weight excluding hydrogens is 236 g/mol. The molecule has 3 N–H and O–H groups in total. The predicted octanol–water partition coefficient (Wildman–Crippen LogP) is 0.371. The zero-order valence-corrected chi connectivity index (χ0v) is 11.4. The van der Waals surface area contributed by atoms with Gasteiger partial charge in [-0.2, -0.15) is 0 Å². The standard InChI is InChI=1S/C12H24N2O4/c1-9(2)13-7-6-11(15)14-10(12(16)17)5-4-8-18-3/h9-10,13H,4-8H2,1-3H3,(H,14,15)(H,16,17). The van der Waals surface area contributed by atoms with Gasteiger partial charge in [-0.15, -0.1) is 0 Å². The van der Waals surface area contributed by atoms with Crippen molar-refractivity contribution in [2.75, 3.05) is 20.3 Å². The highest BCUT2D eigenvalue weighted by Gasteiger charge is 2.18. The maximum atomic E-state index is 11.5. The Labute approximate surface area is 108 Å². The number of rotatable bonds is 10. The molecule has 6 heteroatoms. The second-order valence-corrected chi connectivity index (χ2v) is 4.45. The first kappa shape index (κ1) is 16.9. The average molecular weight is 260 g/mol. The van der Waals surface area contributed by atoms with E-state index in [9.17, 15) is 9.59 Å². The molecule has 1 amide bonds. The van der Waals surface area contributed by atoms with Crippen LogP contribution in [0.5, 0.6) is 0 Å². The lowest BCUT2D eigenvalue weighted by molar-refractivity contribution is -0.142. The SMILES string of the molecule is COCCCC(NC(=O)CCNC(C)C)C(=O)O. The molecule has 0 aromatic rings. The van der Waals surface area contributed by atoms with E-state index in [1.807, 2.05) is 13.8 Å². The van der Waals surface area contributed by atoms with E-state index >= 15 is 0 Å². The van der Waals surface area contributed by atoms with Crippen LogP contribution in [-0.4, -0.2) is 49.3 Å². The lowest BCUT2D eigenvalue weighted by atomic mass is 10.1. The highest BCUT2D eigenvalue weighted by Crippen LogP contribution is 1.99. The van der Waals surface area contributed by atoms with Gasteiger partial charge in [0.2, 0.25) is 5.91 Å². The van der Waals surface area contributed by atoms with Gasteiger partial charge in [0.25, 0.3) is 0 Å². The molecule has 0 heterocycles. The largest absolute Gasteiger partial charge is 0.480 e. The normalized spacial score (nSPS) is 12.4. The number of hydrogen-bond acceptors (Lipinski definition) is 4. The van der Waals surface area contributed by atoms with Gasteiger partial charge in [-0.25, -0.2) is 4.79 Å². The van der Waals surface area contributed by atoms with E-state index in [2.05, 4.69) is 10.6 Å². The number of amides is 1. The third-order valence-electron chi connectivity index (χ3n) is 2.38. The molecule has 0 bridgehead atoms. The fourth-order valence-corrected chi connectivity index (χ4v) is 1.43. The lowest BCUT2D eigenvalue weighted by Crippen LogP contribution is -2.42. The summed E-state index contributed by atoms with van der Waals surface area (Å²) < 4.78 is 4.85. The zero-order chi connectivity index (χ0) is 14.0. The van der Waals surface area contributed by atoms with Crippen LogP contribution in [0.2, 0.25) is 0 Å². The van der Waals surface area contributed by atoms with E-state index in [1.54, 1.807) is 7.11 Å². The number of methoxy groups -OCH3 is 1. The molecule has 0 saturated carbocycles. The van der Waals surface area contributed by atoms with Crippen LogP contribution in [0.4, 0.5) is 0 Å². The number of carbonyl (C=O) groups excluding carboxylic acids is 1. The number of ether oxygens (including phenoxy) is 1. The van der Waals surface area contributed by atoms with E-state index in [4.69, 9.17) is 9.84 Å². The third kappa shape index (κ3) is 8.95. The van der Waals surface area contributed by atoms with Crippen LogP contribution < -0.4 is 10.6 Å². The molecule has 1 unspecified atom stereocenters. The Hall–Kier alpha value is -1.14. The molecule has 0 spiro atoms. The molecule has 0 aliphatic heterocycles. The molecule has 0 rings (SSSR count). The maximum Gasteiger partial charge on any atom is 0.326 e. The summed E-state index contributed by atoms with van der Waals surface area (Å²) in [7, 11) is 1.56. The molecule has 6 nitrogen and oxygen atoms in total. The lowest BCUT2D eigenvalue weighted by Gasteiger charge is -2.14. The van der Waals surface area contributed by atoms with E-state index in [-0.39, 0.29) is 12.3 Å². The van der Waals surface area contributed by atoms with Crippen molar-refractivity contribution in [2.45, 2.75) is 45.2 Å². The van der Waals surface area contributed by atoms with Crippen molar-refractivity contribution >= 4 is 11.9 Å². The minimum absolute atomic E-state index is 0.243. The second-order valence-electron chi connectivity index (χ2n) is 4.45. The Morgan fingerprint density at radius 2 is 2.00 bits per heavy atom. The van der Waals surface area contributed by atoms with Crippen molar-refractivity contribution in [2.24, 2.45) is 0 Å². The molecule has 106 valence electrons. The number of carboxylic acid groups (broad SMARTS) is 1. The molecule has 0 aliphatic rings. The minimum Gasteiger partial charge on any atom is -0.480 e. The molecule has 0 aromatic carbocycles. The Bertz CT molecular complexity index is 256. The van der Waals surface area contributed by atoms with Crippen LogP contribution in [0.1, 0.15) is 33.1 Å². The molecule has 18 heavy (non-hydrogen) atoms. The number of hydrogen-bond donors (Lipinski definition) is 3. The van der Waals surface area contributed by atoms with Gasteiger partial charge < -0.3 is 20.5 Å². The van der Waals surface area contributed by atoms with Gasteiger partial charge in [-0.3, -0.25) is 4.79 Å². The first-order valence-electron chi connectivity index (χ1n) is 6.21. The van der Waals surface area contributed by atoms with Gasteiger partial charge in [0.05, 0.1) is 0 Å². The quantitative estimate of drug-likeness (QED) is 0.494. The van der Waals surface area contributed by atoms with Gasteiger partial charge >= 0.3 is 5.97 Å². The maximum absolute atomic E-state index is 11.5. The Morgan fingerprint density at radius 1 is 1.33 bits per heavy atom. The highest BCUT2D eigenvalue weighted by atomic mass is 16.5. The summed E-state index contributed by atoms with van der Waals surface area (Å²) in [6.45, 7) is 5.02. The van der Waals surface area contributed by atoms with Crippen LogP contribution in [-0.2, 0) is 14.3 Å². The van der Waals surface area contributed by atoms with Crippen molar-refractivity contribution in [1.82, 2.24) is 10.6 Å². The van der Waals surface area contributed by atoms with Gasteiger partial charge in [0.1, 0.15) is 6.04 Å². The van der Waals surface area contributed by atoms with Crippen LogP contribution in [0.15, 0.2) is 0 Å². The molecule has 1 atom stereocenters. The predicted molar refractivity (Wildman–Crippen MR) is 68.4 cm³/mol. The van der Waals surface area contributed by atoms with E-state index < -0.39 is 12.0 Å². The topological polar surface area (TPSA) is 87.7 Å². The molecule has 0 saturated heterocycles. The van der Waals surface area contributed by atoms with Gasteiger partial charge in [-0.1, -0.05) is 13.8 Å². The summed E-state index contributed by atoms with van der Waals surface area (Å²) in [5, 5.41) is 14.6. The minimum atomic E-state index is -1.00. The molecule has 0 aromatic heterocycles. The summed E-state index contributed by atoms with van der Waals surface area (Å²) in [6.07, 6.45) is 1.27. The fraction of sp³-hybridized carbons (Fsp3) is 0.833. The van der Waals surface area contributed by atoms with Gasteiger partial charge in [0, 0.05) is 32.7 Å².